The number of aromatic nitrogens is 1. The molecule has 2 aromatic rings. The van der Waals surface area contributed by atoms with Crippen molar-refractivity contribution in [3.05, 3.63) is 52.5 Å². The zero-order chi connectivity index (χ0) is 16.5. The molecule has 0 unspecified atom stereocenters. The summed E-state index contributed by atoms with van der Waals surface area (Å²) in [7, 11) is 1.91. The van der Waals surface area contributed by atoms with Gasteiger partial charge in [-0.1, -0.05) is 30.3 Å². The van der Waals surface area contributed by atoms with Crippen molar-refractivity contribution in [3.8, 4) is 0 Å². The van der Waals surface area contributed by atoms with Crippen LogP contribution in [0.3, 0.4) is 0 Å². The molecule has 0 bridgehead atoms. The fourth-order valence-electron chi connectivity index (χ4n) is 4.35. The number of hydrogen-bond acceptors (Lipinski definition) is 4. The molecule has 0 saturated carbocycles. The van der Waals surface area contributed by atoms with Crippen molar-refractivity contribution in [1.29, 1.82) is 0 Å². The van der Waals surface area contributed by atoms with E-state index in [4.69, 9.17) is 0 Å². The first-order valence-electron chi connectivity index (χ1n) is 8.67. The molecule has 1 aromatic heterocycles. The molecular weight excluding hydrogens is 318 g/mol. The van der Waals surface area contributed by atoms with Gasteiger partial charge in [0.25, 0.3) is 0 Å². The summed E-state index contributed by atoms with van der Waals surface area (Å²) >= 11 is 1.58. The van der Waals surface area contributed by atoms with Crippen molar-refractivity contribution >= 4 is 17.2 Å². The predicted molar refractivity (Wildman–Crippen MR) is 95.6 cm³/mol. The standard InChI is InChI=1S/C19H23N3OS/c1-21(11-15-12-24-13-20-15)19(23)16-10-18(14-6-3-2-4-7-14)22-9-5-8-17(16)22/h2-4,6-7,12-13,16-18H,5,8-11H2,1H3/t16-,17+,18-/m1/s1. The molecule has 4 rings (SSSR count). The van der Waals surface area contributed by atoms with Crippen molar-refractivity contribution in [2.45, 2.75) is 37.9 Å². The van der Waals surface area contributed by atoms with Crippen LogP contribution >= 0.6 is 11.3 Å². The maximum atomic E-state index is 13.1. The maximum absolute atomic E-state index is 13.1. The van der Waals surface area contributed by atoms with Crippen LogP contribution in [0.4, 0.5) is 0 Å². The molecule has 5 heteroatoms. The first-order valence-corrected chi connectivity index (χ1v) is 9.61. The van der Waals surface area contributed by atoms with Crippen molar-refractivity contribution in [2.75, 3.05) is 13.6 Å². The summed E-state index contributed by atoms with van der Waals surface area (Å²) in [6.07, 6.45) is 3.28. The normalized spacial score (nSPS) is 26.5. The highest BCUT2D eigenvalue weighted by Gasteiger charge is 2.47. The van der Waals surface area contributed by atoms with Gasteiger partial charge in [0.1, 0.15) is 0 Å². The van der Waals surface area contributed by atoms with Crippen LogP contribution in [-0.4, -0.2) is 40.3 Å². The van der Waals surface area contributed by atoms with Crippen LogP contribution in [0.5, 0.6) is 0 Å². The SMILES string of the molecule is CN(Cc1cscn1)C(=O)[C@@H]1C[C@H](c2ccccc2)N2CCC[C@@H]12. The molecule has 0 spiro atoms. The third-order valence-electron chi connectivity index (χ3n) is 5.44. The minimum Gasteiger partial charge on any atom is -0.340 e. The second-order valence-corrected chi connectivity index (χ2v) is 7.61. The van der Waals surface area contributed by atoms with E-state index in [2.05, 4.69) is 40.2 Å². The Kier molecular flexibility index (Phi) is 4.37. The van der Waals surface area contributed by atoms with Crippen LogP contribution in [-0.2, 0) is 11.3 Å². The quantitative estimate of drug-likeness (QED) is 0.856. The Morgan fingerprint density at radius 3 is 2.96 bits per heavy atom. The summed E-state index contributed by atoms with van der Waals surface area (Å²) < 4.78 is 0. The van der Waals surface area contributed by atoms with E-state index in [1.54, 1.807) is 11.3 Å². The average molecular weight is 341 g/mol. The number of carbonyl (C=O) groups excluding carboxylic acids is 1. The topological polar surface area (TPSA) is 36.4 Å². The lowest BCUT2D eigenvalue weighted by atomic mass is 9.93. The number of amides is 1. The maximum Gasteiger partial charge on any atom is 0.227 e. The zero-order valence-electron chi connectivity index (χ0n) is 14.0. The molecule has 0 N–H and O–H groups in total. The lowest BCUT2D eigenvalue weighted by Gasteiger charge is -2.25. The number of carbonyl (C=O) groups is 1. The average Bonchev–Trinajstić information content (AvgIpc) is 3.32. The third kappa shape index (κ3) is 2.87. The Hall–Kier alpha value is -1.72. The fraction of sp³-hybridized carbons (Fsp3) is 0.474. The summed E-state index contributed by atoms with van der Waals surface area (Å²) in [5, 5.41) is 2.02. The van der Waals surface area contributed by atoms with Gasteiger partial charge in [-0.2, -0.15) is 0 Å². The van der Waals surface area contributed by atoms with Gasteiger partial charge in [0.05, 0.1) is 23.7 Å². The van der Waals surface area contributed by atoms with Crippen LogP contribution in [0.1, 0.15) is 36.6 Å². The highest BCUT2D eigenvalue weighted by Crippen LogP contribution is 2.45. The lowest BCUT2D eigenvalue weighted by molar-refractivity contribution is -0.135. The molecule has 2 aliphatic rings. The van der Waals surface area contributed by atoms with Crippen molar-refractivity contribution in [1.82, 2.24) is 14.8 Å². The van der Waals surface area contributed by atoms with Crippen LogP contribution in [0, 0.1) is 5.92 Å². The van der Waals surface area contributed by atoms with Gasteiger partial charge in [0.2, 0.25) is 5.91 Å². The predicted octanol–water partition coefficient (Wildman–Crippen LogP) is 3.33. The summed E-state index contributed by atoms with van der Waals surface area (Å²) in [6.45, 7) is 1.73. The van der Waals surface area contributed by atoms with Gasteiger partial charge in [0.15, 0.2) is 0 Å². The van der Waals surface area contributed by atoms with Crippen molar-refractivity contribution < 1.29 is 4.79 Å². The lowest BCUT2D eigenvalue weighted by Crippen LogP contribution is -2.38. The number of hydrogen-bond donors (Lipinski definition) is 0. The zero-order valence-corrected chi connectivity index (χ0v) is 14.8. The number of nitrogens with zero attached hydrogens (tertiary/aromatic N) is 3. The van der Waals surface area contributed by atoms with Gasteiger partial charge >= 0.3 is 0 Å². The number of rotatable bonds is 4. The molecule has 126 valence electrons. The molecule has 24 heavy (non-hydrogen) atoms. The third-order valence-corrected chi connectivity index (χ3v) is 6.08. The summed E-state index contributed by atoms with van der Waals surface area (Å²) in [5.41, 5.74) is 4.16. The molecule has 2 aliphatic heterocycles. The molecule has 0 aliphatic carbocycles. The largest absolute Gasteiger partial charge is 0.340 e. The molecule has 4 nitrogen and oxygen atoms in total. The van der Waals surface area contributed by atoms with Gasteiger partial charge in [-0.05, 0) is 31.4 Å². The molecule has 2 saturated heterocycles. The fourth-order valence-corrected chi connectivity index (χ4v) is 4.90. The highest BCUT2D eigenvalue weighted by molar-refractivity contribution is 7.07. The Morgan fingerprint density at radius 1 is 1.38 bits per heavy atom. The minimum absolute atomic E-state index is 0.112. The van der Waals surface area contributed by atoms with Gasteiger partial charge in [-0.3, -0.25) is 9.69 Å². The molecule has 3 atom stereocenters. The first-order chi connectivity index (χ1) is 11.7. The highest BCUT2D eigenvalue weighted by atomic mass is 32.1. The van der Waals surface area contributed by atoms with Crippen molar-refractivity contribution in [3.63, 3.8) is 0 Å². The number of thiazole rings is 1. The smallest absolute Gasteiger partial charge is 0.227 e. The van der Waals surface area contributed by atoms with E-state index in [0.717, 1.165) is 25.1 Å². The molecule has 3 heterocycles. The van der Waals surface area contributed by atoms with E-state index in [1.165, 1.54) is 12.0 Å². The monoisotopic (exact) mass is 341 g/mol. The summed E-state index contributed by atoms with van der Waals surface area (Å²) in [5.74, 6) is 0.389. The second kappa shape index (κ2) is 6.65. The van der Waals surface area contributed by atoms with Gasteiger partial charge in [0, 0.05) is 24.5 Å². The Labute approximate surface area is 147 Å². The van der Waals surface area contributed by atoms with Crippen molar-refractivity contribution in [2.24, 2.45) is 5.92 Å². The van der Waals surface area contributed by atoms with E-state index in [9.17, 15) is 4.79 Å². The Morgan fingerprint density at radius 2 is 2.21 bits per heavy atom. The Bertz CT molecular complexity index is 688. The molecular formula is C19H23N3OS. The van der Waals surface area contributed by atoms with E-state index in [0.29, 0.717) is 18.6 Å². The molecule has 0 radical (unpaired) electrons. The van der Waals surface area contributed by atoms with E-state index >= 15 is 0 Å². The first kappa shape index (κ1) is 15.8. The molecule has 1 aromatic carbocycles. The van der Waals surface area contributed by atoms with Gasteiger partial charge in [-0.15, -0.1) is 11.3 Å². The number of benzene rings is 1. The molecule has 1 amide bonds. The van der Waals surface area contributed by atoms with E-state index < -0.39 is 0 Å². The van der Waals surface area contributed by atoms with Gasteiger partial charge < -0.3 is 4.90 Å². The second-order valence-electron chi connectivity index (χ2n) is 6.89. The Balaban J connectivity index is 1.51. The van der Waals surface area contributed by atoms with Crippen LogP contribution in [0.15, 0.2) is 41.2 Å². The van der Waals surface area contributed by atoms with E-state index in [1.807, 2.05) is 22.8 Å². The minimum atomic E-state index is 0.112. The van der Waals surface area contributed by atoms with Crippen LogP contribution in [0.2, 0.25) is 0 Å². The van der Waals surface area contributed by atoms with Crippen LogP contribution in [0.25, 0.3) is 0 Å². The van der Waals surface area contributed by atoms with E-state index in [-0.39, 0.29) is 11.8 Å². The summed E-state index contributed by atoms with van der Waals surface area (Å²) in [6, 6.07) is 11.5. The number of fused-ring (bicyclic) bond motifs is 1. The van der Waals surface area contributed by atoms with Gasteiger partial charge in [-0.25, -0.2) is 4.98 Å². The summed E-state index contributed by atoms with van der Waals surface area (Å²) in [4.78, 5) is 21.8. The van der Waals surface area contributed by atoms with Crippen LogP contribution < -0.4 is 0 Å². The molecule has 2 fully saturated rings.